The van der Waals surface area contributed by atoms with Gasteiger partial charge in [-0.2, -0.15) is 0 Å². The first-order valence-corrected chi connectivity index (χ1v) is 9.97. The molecule has 0 saturated carbocycles. The Morgan fingerprint density at radius 2 is 1.90 bits per heavy atom. The number of piperidine rings is 1. The van der Waals surface area contributed by atoms with E-state index in [1.807, 2.05) is 11.8 Å². The van der Waals surface area contributed by atoms with Gasteiger partial charge in [0.15, 0.2) is 0 Å². The Labute approximate surface area is 170 Å². The summed E-state index contributed by atoms with van der Waals surface area (Å²) >= 11 is 0. The molecule has 29 heavy (non-hydrogen) atoms. The third-order valence-electron chi connectivity index (χ3n) is 5.21. The third kappa shape index (κ3) is 5.32. The number of anilines is 1. The van der Waals surface area contributed by atoms with Crippen molar-refractivity contribution in [1.29, 1.82) is 0 Å². The van der Waals surface area contributed by atoms with E-state index in [1.54, 1.807) is 36.5 Å². The standard InChI is InChI=1S/C22H27N3O4/c1-16-5-10-21(28)24(14-16)15-20(27)23-18-8-6-17(7-9-18)22(29)25-12-3-2-4-19(25)11-13-26/h5-10,14,19,26H,2-4,11-13,15H2,1H3,(H,23,27). The molecule has 1 atom stereocenters. The zero-order valence-corrected chi connectivity index (χ0v) is 16.6. The number of aromatic nitrogens is 1. The van der Waals surface area contributed by atoms with Crippen LogP contribution in [0.5, 0.6) is 0 Å². The molecule has 1 saturated heterocycles. The molecule has 1 aliphatic heterocycles. The monoisotopic (exact) mass is 397 g/mol. The minimum Gasteiger partial charge on any atom is -0.396 e. The molecule has 1 aromatic heterocycles. The van der Waals surface area contributed by atoms with E-state index in [-0.39, 0.29) is 36.6 Å². The largest absolute Gasteiger partial charge is 0.396 e. The minimum atomic E-state index is -0.309. The van der Waals surface area contributed by atoms with Crippen LogP contribution in [0.1, 0.15) is 41.6 Å². The highest BCUT2D eigenvalue weighted by Gasteiger charge is 2.26. The van der Waals surface area contributed by atoms with Crippen molar-refractivity contribution < 1.29 is 14.7 Å². The molecule has 3 rings (SSSR count). The fraction of sp³-hybridized carbons (Fsp3) is 0.409. The van der Waals surface area contributed by atoms with Crippen molar-refractivity contribution in [3.63, 3.8) is 0 Å². The molecule has 0 aliphatic carbocycles. The Balaban J connectivity index is 1.63. The first-order chi connectivity index (χ1) is 14.0. The van der Waals surface area contributed by atoms with Gasteiger partial charge in [-0.15, -0.1) is 0 Å². The number of rotatable bonds is 6. The second-order valence-electron chi connectivity index (χ2n) is 7.46. The van der Waals surface area contributed by atoms with Crippen molar-refractivity contribution in [3.8, 4) is 0 Å². The average molecular weight is 397 g/mol. The van der Waals surface area contributed by atoms with Gasteiger partial charge in [0.2, 0.25) is 5.91 Å². The summed E-state index contributed by atoms with van der Waals surface area (Å²) < 4.78 is 1.36. The van der Waals surface area contributed by atoms with Crippen LogP contribution >= 0.6 is 0 Å². The minimum absolute atomic E-state index is 0.0488. The van der Waals surface area contributed by atoms with Gasteiger partial charge in [0.1, 0.15) is 6.54 Å². The van der Waals surface area contributed by atoms with Crippen LogP contribution in [0, 0.1) is 6.92 Å². The number of nitrogens with zero attached hydrogens (tertiary/aromatic N) is 2. The number of aryl methyl sites for hydroxylation is 1. The van der Waals surface area contributed by atoms with Gasteiger partial charge in [-0.3, -0.25) is 14.4 Å². The van der Waals surface area contributed by atoms with Crippen LogP contribution in [0.4, 0.5) is 5.69 Å². The maximum Gasteiger partial charge on any atom is 0.254 e. The number of hydrogen-bond donors (Lipinski definition) is 2. The highest BCUT2D eigenvalue weighted by Crippen LogP contribution is 2.22. The molecule has 7 nitrogen and oxygen atoms in total. The van der Waals surface area contributed by atoms with Gasteiger partial charge in [-0.25, -0.2) is 0 Å². The molecule has 2 amide bonds. The summed E-state index contributed by atoms with van der Waals surface area (Å²) in [6.45, 7) is 2.56. The number of carbonyl (C=O) groups is 2. The van der Waals surface area contributed by atoms with Gasteiger partial charge in [-0.1, -0.05) is 6.07 Å². The summed E-state index contributed by atoms with van der Waals surface area (Å²) in [7, 11) is 0. The van der Waals surface area contributed by atoms with Crippen molar-refractivity contribution in [3.05, 3.63) is 64.1 Å². The van der Waals surface area contributed by atoms with Crippen LogP contribution in [0.3, 0.4) is 0 Å². The Hall–Kier alpha value is -2.93. The molecule has 0 spiro atoms. The number of benzene rings is 1. The first-order valence-electron chi connectivity index (χ1n) is 9.97. The molecule has 1 aliphatic rings. The fourth-order valence-corrected chi connectivity index (χ4v) is 3.71. The van der Waals surface area contributed by atoms with Crippen LogP contribution in [-0.2, 0) is 11.3 Å². The van der Waals surface area contributed by atoms with Gasteiger partial charge in [0.05, 0.1) is 0 Å². The molecular weight excluding hydrogens is 370 g/mol. The molecule has 154 valence electrons. The normalized spacial score (nSPS) is 16.5. The van der Waals surface area contributed by atoms with E-state index in [4.69, 9.17) is 0 Å². The second kappa shape index (κ2) is 9.52. The highest BCUT2D eigenvalue weighted by atomic mass is 16.3. The Bertz CT molecular complexity index is 918. The number of nitrogens with one attached hydrogen (secondary N) is 1. The lowest BCUT2D eigenvalue weighted by atomic mass is 9.98. The summed E-state index contributed by atoms with van der Waals surface area (Å²) in [5, 5.41) is 12.0. The molecular formula is C22H27N3O4. The fourth-order valence-electron chi connectivity index (χ4n) is 3.71. The van der Waals surface area contributed by atoms with Crippen LogP contribution < -0.4 is 10.9 Å². The summed E-state index contributed by atoms with van der Waals surface area (Å²) in [4.78, 5) is 38.8. The maximum atomic E-state index is 12.8. The van der Waals surface area contributed by atoms with Crippen molar-refractivity contribution in [1.82, 2.24) is 9.47 Å². The third-order valence-corrected chi connectivity index (χ3v) is 5.21. The lowest BCUT2D eigenvalue weighted by Crippen LogP contribution is -2.44. The summed E-state index contributed by atoms with van der Waals surface area (Å²) in [5.74, 6) is -0.358. The summed E-state index contributed by atoms with van der Waals surface area (Å²) in [5.41, 5.74) is 1.80. The molecule has 2 heterocycles. The number of aliphatic hydroxyl groups excluding tert-OH is 1. The van der Waals surface area contributed by atoms with Gasteiger partial charge >= 0.3 is 0 Å². The van der Waals surface area contributed by atoms with E-state index in [2.05, 4.69) is 5.32 Å². The number of hydrogen-bond acceptors (Lipinski definition) is 4. The SMILES string of the molecule is Cc1ccc(=O)n(CC(=O)Nc2ccc(C(=O)N3CCCCC3CCO)cc2)c1. The second-order valence-corrected chi connectivity index (χ2v) is 7.46. The van der Waals surface area contributed by atoms with Gasteiger partial charge in [0, 0.05) is 42.7 Å². The molecule has 7 heteroatoms. The Morgan fingerprint density at radius 1 is 1.14 bits per heavy atom. The molecule has 0 radical (unpaired) electrons. The van der Waals surface area contributed by atoms with Crippen molar-refractivity contribution >= 4 is 17.5 Å². The van der Waals surface area contributed by atoms with Crippen LogP contribution in [-0.4, -0.2) is 45.6 Å². The lowest BCUT2D eigenvalue weighted by Gasteiger charge is -2.35. The smallest absolute Gasteiger partial charge is 0.254 e. The first kappa shape index (κ1) is 20.8. The van der Waals surface area contributed by atoms with E-state index in [0.717, 1.165) is 24.8 Å². The Morgan fingerprint density at radius 3 is 2.62 bits per heavy atom. The predicted molar refractivity (Wildman–Crippen MR) is 111 cm³/mol. The van der Waals surface area contributed by atoms with Crippen molar-refractivity contribution in [2.75, 3.05) is 18.5 Å². The average Bonchev–Trinajstić information content (AvgIpc) is 2.71. The molecule has 0 bridgehead atoms. The Kier molecular flexibility index (Phi) is 6.82. The number of carbonyl (C=O) groups excluding carboxylic acids is 2. The quantitative estimate of drug-likeness (QED) is 0.782. The maximum absolute atomic E-state index is 12.8. The zero-order valence-electron chi connectivity index (χ0n) is 16.6. The molecule has 1 aromatic carbocycles. The van der Waals surface area contributed by atoms with E-state index in [1.165, 1.54) is 10.6 Å². The van der Waals surface area contributed by atoms with Crippen LogP contribution in [0.2, 0.25) is 0 Å². The van der Waals surface area contributed by atoms with Gasteiger partial charge in [-0.05, 0) is 62.4 Å². The van der Waals surface area contributed by atoms with Crippen LogP contribution in [0.25, 0.3) is 0 Å². The number of amides is 2. The summed E-state index contributed by atoms with van der Waals surface area (Å²) in [6, 6.07) is 9.99. The molecule has 1 fully saturated rings. The van der Waals surface area contributed by atoms with E-state index < -0.39 is 0 Å². The molecule has 2 N–H and O–H groups in total. The van der Waals surface area contributed by atoms with Crippen molar-refractivity contribution in [2.45, 2.75) is 45.2 Å². The van der Waals surface area contributed by atoms with Gasteiger partial charge in [0.25, 0.3) is 11.5 Å². The number of aliphatic hydroxyl groups is 1. The lowest BCUT2D eigenvalue weighted by molar-refractivity contribution is -0.116. The highest BCUT2D eigenvalue weighted by molar-refractivity contribution is 5.96. The molecule has 2 aromatic rings. The number of pyridine rings is 1. The van der Waals surface area contributed by atoms with Gasteiger partial charge < -0.3 is 19.9 Å². The summed E-state index contributed by atoms with van der Waals surface area (Å²) in [6.07, 6.45) is 5.20. The zero-order chi connectivity index (χ0) is 20.8. The number of likely N-dealkylation sites (tertiary alicyclic amines) is 1. The predicted octanol–water partition coefficient (Wildman–Crippen LogP) is 2.17. The molecule has 1 unspecified atom stereocenters. The van der Waals surface area contributed by atoms with E-state index >= 15 is 0 Å². The van der Waals surface area contributed by atoms with Crippen molar-refractivity contribution in [2.24, 2.45) is 0 Å². The van der Waals surface area contributed by atoms with E-state index in [0.29, 0.717) is 24.2 Å². The topological polar surface area (TPSA) is 91.6 Å². The van der Waals surface area contributed by atoms with E-state index in [9.17, 15) is 19.5 Å². The van der Waals surface area contributed by atoms with Crippen LogP contribution in [0.15, 0.2) is 47.4 Å².